The molecule has 4 bridgehead atoms. The zero-order valence-electron chi connectivity index (χ0n) is 17.1. The van der Waals surface area contributed by atoms with Crippen molar-refractivity contribution < 1.29 is 22.4 Å². The third kappa shape index (κ3) is 3.17. The van der Waals surface area contributed by atoms with Crippen molar-refractivity contribution in [3.05, 3.63) is 65.9 Å². The lowest BCUT2D eigenvalue weighted by atomic mass is 9.88. The van der Waals surface area contributed by atoms with Crippen LogP contribution in [0.25, 0.3) is 5.69 Å². The third-order valence-corrected chi connectivity index (χ3v) is 6.96. The van der Waals surface area contributed by atoms with Crippen molar-refractivity contribution >= 4 is 11.7 Å². The summed E-state index contributed by atoms with van der Waals surface area (Å²) in [5.74, 6) is -0.771. The fraction of sp³-hybridized carbons (Fsp3) is 0.364. The van der Waals surface area contributed by atoms with Crippen molar-refractivity contribution in [1.29, 1.82) is 0 Å². The number of rotatable bonds is 4. The number of hydrogen-bond donors (Lipinski definition) is 1. The van der Waals surface area contributed by atoms with Crippen LogP contribution in [0.4, 0.5) is 23.4 Å². The number of para-hydroxylation sites is 1. The number of benzene rings is 1. The number of anilines is 1. The minimum atomic E-state index is -4.67. The SMILES string of the molecule is O=C(c1ccccc1-n1nccn1)N1C2CC3C(CC2Nc2ncc(C(F)(F)F)cc2F)C31. The van der Waals surface area contributed by atoms with Crippen molar-refractivity contribution in [2.45, 2.75) is 37.1 Å². The molecule has 7 rings (SSSR count). The summed E-state index contributed by atoms with van der Waals surface area (Å²) < 4.78 is 52.9. The molecule has 2 saturated heterocycles. The Morgan fingerprint density at radius 2 is 1.82 bits per heavy atom. The lowest BCUT2D eigenvalue weighted by Gasteiger charge is -2.41. The topological polar surface area (TPSA) is 75.9 Å². The number of aromatic nitrogens is 4. The molecule has 7 nitrogen and oxygen atoms in total. The number of hydrogen-bond acceptors (Lipinski definition) is 5. The van der Waals surface area contributed by atoms with E-state index >= 15 is 0 Å². The van der Waals surface area contributed by atoms with Crippen molar-refractivity contribution in [3.63, 3.8) is 0 Å². The van der Waals surface area contributed by atoms with Gasteiger partial charge in [0.2, 0.25) is 0 Å². The van der Waals surface area contributed by atoms with Crippen LogP contribution in [0, 0.1) is 17.7 Å². The predicted molar refractivity (Wildman–Crippen MR) is 108 cm³/mol. The molecule has 2 saturated carbocycles. The molecular weight excluding hydrogens is 440 g/mol. The number of carbonyl (C=O) groups is 1. The van der Waals surface area contributed by atoms with Crippen molar-refractivity contribution in [2.24, 2.45) is 11.8 Å². The van der Waals surface area contributed by atoms with Gasteiger partial charge in [0.25, 0.3) is 5.91 Å². The Bertz CT molecular complexity index is 1230. The van der Waals surface area contributed by atoms with Crippen LogP contribution in [0.15, 0.2) is 48.9 Å². The number of alkyl halides is 3. The summed E-state index contributed by atoms with van der Waals surface area (Å²) in [6.45, 7) is 0. The maximum Gasteiger partial charge on any atom is 0.417 e. The van der Waals surface area contributed by atoms with Crippen LogP contribution >= 0.6 is 0 Å². The van der Waals surface area contributed by atoms with Crippen LogP contribution in [0.3, 0.4) is 0 Å². The second kappa shape index (κ2) is 7.00. The first-order chi connectivity index (χ1) is 15.8. The molecule has 4 fully saturated rings. The number of amides is 1. The summed E-state index contributed by atoms with van der Waals surface area (Å²) >= 11 is 0. The van der Waals surface area contributed by atoms with Gasteiger partial charge in [-0.3, -0.25) is 4.79 Å². The number of carbonyl (C=O) groups excluding carboxylic acids is 1. The molecule has 4 heterocycles. The van der Waals surface area contributed by atoms with Crippen molar-refractivity contribution in [3.8, 4) is 5.69 Å². The van der Waals surface area contributed by atoms with Gasteiger partial charge in [0.05, 0.1) is 35.2 Å². The van der Waals surface area contributed by atoms with Crippen LogP contribution in [0.5, 0.6) is 0 Å². The maximum absolute atomic E-state index is 14.4. The zero-order valence-corrected chi connectivity index (χ0v) is 17.1. The van der Waals surface area contributed by atoms with E-state index in [2.05, 4.69) is 20.5 Å². The third-order valence-electron chi connectivity index (χ3n) is 6.96. The minimum Gasteiger partial charge on any atom is -0.363 e. The van der Waals surface area contributed by atoms with E-state index in [9.17, 15) is 22.4 Å². The second-order valence-electron chi connectivity index (χ2n) is 8.71. The van der Waals surface area contributed by atoms with E-state index in [1.807, 2.05) is 4.90 Å². The van der Waals surface area contributed by atoms with Crippen LogP contribution in [-0.4, -0.2) is 48.9 Å². The first-order valence-corrected chi connectivity index (χ1v) is 10.6. The van der Waals surface area contributed by atoms with Gasteiger partial charge in [0, 0.05) is 18.3 Å². The lowest BCUT2D eigenvalue weighted by Crippen LogP contribution is -2.53. The maximum atomic E-state index is 14.4. The zero-order chi connectivity index (χ0) is 22.9. The monoisotopic (exact) mass is 458 g/mol. The number of nitrogens with zero attached hydrogens (tertiary/aromatic N) is 5. The molecule has 170 valence electrons. The fourth-order valence-corrected chi connectivity index (χ4v) is 5.51. The largest absolute Gasteiger partial charge is 0.417 e. The number of halogens is 4. The van der Waals surface area contributed by atoms with Crippen LogP contribution in [0.2, 0.25) is 0 Å². The van der Waals surface area contributed by atoms with Gasteiger partial charge in [-0.1, -0.05) is 12.1 Å². The number of pyridine rings is 1. The molecule has 0 spiro atoms. The van der Waals surface area contributed by atoms with Gasteiger partial charge in [-0.2, -0.15) is 28.2 Å². The summed E-state index contributed by atoms with van der Waals surface area (Å²) in [5.41, 5.74) is -0.113. The summed E-state index contributed by atoms with van der Waals surface area (Å²) in [6.07, 6.45) is 0.494. The highest BCUT2D eigenvalue weighted by Crippen LogP contribution is 2.61. The first-order valence-electron chi connectivity index (χ1n) is 10.6. The minimum absolute atomic E-state index is 0.129. The lowest BCUT2D eigenvalue weighted by molar-refractivity contribution is -0.138. The van der Waals surface area contributed by atoms with Gasteiger partial charge >= 0.3 is 6.18 Å². The van der Waals surface area contributed by atoms with Crippen LogP contribution in [0.1, 0.15) is 28.8 Å². The van der Waals surface area contributed by atoms with Gasteiger partial charge in [-0.25, -0.2) is 9.37 Å². The van der Waals surface area contributed by atoms with E-state index < -0.39 is 17.6 Å². The molecule has 1 amide bonds. The molecule has 2 aromatic heterocycles. The van der Waals surface area contributed by atoms with E-state index in [1.165, 1.54) is 17.2 Å². The fourth-order valence-electron chi connectivity index (χ4n) is 5.51. The van der Waals surface area contributed by atoms with Crippen molar-refractivity contribution in [1.82, 2.24) is 24.9 Å². The molecule has 1 aromatic carbocycles. The number of nitrogens with one attached hydrogen (secondary N) is 1. The van der Waals surface area contributed by atoms with Crippen LogP contribution < -0.4 is 5.32 Å². The van der Waals surface area contributed by atoms with E-state index in [0.717, 1.165) is 6.42 Å². The van der Waals surface area contributed by atoms with Gasteiger partial charge in [0.15, 0.2) is 11.6 Å². The molecular formula is C22H18F4N6O. The molecule has 33 heavy (non-hydrogen) atoms. The Morgan fingerprint density at radius 3 is 2.52 bits per heavy atom. The molecule has 11 heteroatoms. The normalized spacial score (nSPS) is 27.5. The second-order valence-corrected chi connectivity index (χ2v) is 8.71. The Morgan fingerprint density at radius 1 is 1.09 bits per heavy atom. The van der Waals surface area contributed by atoms with E-state index in [4.69, 9.17) is 0 Å². The average molecular weight is 458 g/mol. The van der Waals surface area contributed by atoms with Gasteiger partial charge in [0.1, 0.15) is 0 Å². The Kier molecular flexibility index (Phi) is 4.27. The van der Waals surface area contributed by atoms with Gasteiger partial charge < -0.3 is 10.2 Å². The number of fused-ring (bicyclic) bond motifs is 1. The molecule has 5 unspecified atom stereocenters. The highest BCUT2D eigenvalue weighted by molar-refractivity contribution is 5.98. The average Bonchev–Trinajstić information content (AvgIpc) is 3.16. The first kappa shape index (κ1) is 20.1. The molecule has 4 aliphatic rings. The molecule has 2 aliphatic carbocycles. The molecule has 0 radical (unpaired) electrons. The highest BCUT2D eigenvalue weighted by atomic mass is 19.4. The molecule has 3 aromatic rings. The Balaban J connectivity index is 1.27. The van der Waals surface area contributed by atoms with Gasteiger partial charge in [-0.05, 0) is 42.9 Å². The quantitative estimate of drug-likeness (QED) is 0.606. The van der Waals surface area contributed by atoms with Crippen molar-refractivity contribution in [2.75, 3.05) is 5.32 Å². The van der Waals surface area contributed by atoms with E-state index in [0.29, 0.717) is 35.9 Å². The summed E-state index contributed by atoms with van der Waals surface area (Å²) in [6, 6.07) is 7.13. The summed E-state index contributed by atoms with van der Waals surface area (Å²) in [4.78, 5) is 20.5. The summed E-state index contributed by atoms with van der Waals surface area (Å²) in [7, 11) is 0. The highest BCUT2D eigenvalue weighted by Gasteiger charge is 2.68. The van der Waals surface area contributed by atoms with E-state index in [-0.39, 0.29) is 35.8 Å². The Hall–Kier alpha value is -3.50. The standard InChI is InChI=1S/C22H18F4N6O/c23-15-7-11(22(24,25)26)10-27-20(15)30-16-8-13-14-9-18(16)31(19(13)14)21(33)12-3-1-2-4-17(12)32-28-5-6-29-32/h1-7,10,13-14,16,18-19H,8-9H2,(H,27,30). The summed E-state index contributed by atoms with van der Waals surface area (Å²) in [5, 5.41) is 11.2. The smallest absolute Gasteiger partial charge is 0.363 e. The molecule has 1 N–H and O–H groups in total. The van der Waals surface area contributed by atoms with E-state index in [1.54, 1.807) is 24.3 Å². The molecule has 2 aliphatic heterocycles. The van der Waals surface area contributed by atoms with Gasteiger partial charge in [-0.15, -0.1) is 0 Å². The van der Waals surface area contributed by atoms with Crippen LogP contribution in [-0.2, 0) is 6.18 Å². The predicted octanol–water partition coefficient (Wildman–Crippen LogP) is 3.53. The molecule has 5 atom stereocenters. The Labute approximate surface area is 185 Å². The number of piperidine rings is 2.